The molecule has 0 bridgehead atoms. The minimum atomic E-state index is -2.21. The van der Waals surface area contributed by atoms with E-state index in [4.69, 9.17) is 15.9 Å². The van der Waals surface area contributed by atoms with Gasteiger partial charge in [0.25, 0.3) is 5.91 Å². The van der Waals surface area contributed by atoms with Crippen molar-refractivity contribution in [2.75, 3.05) is 14.2 Å². The van der Waals surface area contributed by atoms with Crippen molar-refractivity contribution in [3.63, 3.8) is 0 Å². The Bertz CT molecular complexity index is 105. The first-order valence-electron chi connectivity index (χ1n) is 2.71. The van der Waals surface area contributed by atoms with E-state index in [0.717, 1.165) is 6.92 Å². The Morgan fingerprint density at radius 1 is 1.20 bits per heavy atom. The summed E-state index contributed by atoms with van der Waals surface area (Å²) < 4.78 is 9.01. The molecule has 10 heavy (non-hydrogen) atoms. The van der Waals surface area contributed by atoms with Crippen molar-refractivity contribution in [2.45, 2.75) is 18.6 Å². The van der Waals surface area contributed by atoms with Gasteiger partial charge in [0, 0.05) is 14.2 Å². The molecule has 4 N–H and O–H groups in total. The summed E-state index contributed by atoms with van der Waals surface area (Å²) in [5.41, 5.74) is 5.23. The number of hydrogen-bond donors (Lipinski definition) is 3. The van der Waals surface area contributed by atoms with Crippen molar-refractivity contribution >= 4 is 0 Å². The van der Waals surface area contributed by atoms with E-state index in [-0.39, 0.29) is 0 Å². The van der Waals surface area contributed by atoms with E-state index in [1.54, 1.807) is 0 Å². The molecule has 0 rings (SSSR count). The Hall–Kier alpha value is -0.200. The third-order valence-electron chi connectivity index (χ3n) is 1.27. The molecular weight excluding hydrogens is 138 g/mol. The summed E-state index contributed by atoms with van der Waals surface area (Å²) in [6.07, 6.45) is 0. The molecule has 0 fully saturated rings. The van der Waals surface area contributed by atoms with E-state index >= 15 is 0 Å². The molecule has 0 saturated heterocycles. The third-order valence-corrected chi connectivity index (χ3v) is 1.27. The monoisotopic (exact) mass is 151 g/mol. The number of rotatable bonds is 3. The first-order valence-corrected chi connectivity index (χ1v) is 2.71. The lowest BCUT2D eigenvalue weighted by Crippen LogP contribution is -2.61. The highest BCUT2D eigenvalue weighted by molar-refractivity contribution is 4.74. The van der Waals surface area contributed by atoms with Crippen LogP contribution in [0.4, 0.5) is 0 Å². The fourth-order valence-electron chi connectivity index (χ4n) is 0.470. The lowest BCUT2D eigenvalue weighted by atomic mass is 10.2. The van der Waals surface area contributed by atoms with Gasteiger partial charge in [0.15, 0.2) is 0 Å². The summed E-state index contributed by atoms with van der Waals surface area (Å²) >= 11 is 0. The number of nitrogens with two attached hydrogens (primary N) is 1. The summed E-state index contributed by atoms with van der Waals surface area (Å²) in [7, 11) is 2.43. The number of ether oxygens (including phenoxy) is 2. The van der Waals surface area contributed by atoms with Crippen LogP contribution < -0.4 is 5.73 Å². The van der Waals surface area contributed by atoms with Crippen LogP contribution in [0.2, 0.25) is 0 Å². The molecule has 0 spiro atoms. The van der Waals surface area contributed by atoms with Gasteiger partial charge in [-0.05, 0) is 6.92 Å². The molecule has 0 atom stereocenters. The Morgan fingerprint density at radius 2 is 1.50 bits per heavy atom. The SMILES string of the molecule is COC(N)(OC)C(C)(O)O. The maximum absolute atomic E-state index is 8.92. The predicted octanol–water partition coefficient (Wildman–Crippen LogP) is -1.41. The van der Waals surface area contributed by atoms with Gasteiger partial charge < -0.3 is 19.7 Å². The van der Waals surface area contributed by atoms with E-state index in [1.807, 2.05) is 0 Å². The van der Waals surface area contributed by atoms with Gasteiger partial charge in [0.05, 0.1) is 0 Å². The Balaban J connectivity index is 4.33. The van der Waals surface area contributed by atoms with Gasteiger partial charge >= 0.3 is 0 Å². The van der Waals surface area contributed by atoms with Crippen LogP contribution in [0.15, 0.2) is 0 Å². The molecule has 0 unspecified atom stereocenters. The summed E-state index contributed by atoms with van der Waals surface area (Å²) in [4.78, 5) is 0. The highest BCUT2D eigenvalue weighted by atomic mass is 16.7. The van der Waals surface area contributed by atoms with Gasteiger partial charge in [-0.25, -0.2) is 0 Å². The maximum atomic E-state index is 8.92. The largest absolute Gasteiger partial charge is 0.360 e. The molecule has 0 aromatic carbocycles. The van der Waals surface area contributed by atoms with E-state index in [0.29, 0.717) is 0 Å². The molecular formula is C5H13NO4. The second kappa shape index (κ2) is 2.81. The van der Waals surface area contributed by atoms with Gasteiger partial charge in [-0.2, -0.15) is 0 Å². The summed E-state index contributed by atoms with van der Waals surface area (Å²) in [6.45, 7) is 1.07. The highest BCUT2D eigenvalue weighted by Gasteiger charge is 2.44. The summed E-state index contributed by atoms with van der Waals surface area (Å²) in [6, 6.07) is 0. The topological polar surface area (TPSA) is 84.9 Å². The number of methoxy groups -OCH3 is 2. The minimum Gasteiger partial charge on any atom is -0.360 e. The Labute approximate surface area is 59.4 Å². The second-order valence-corrected chi connectivity index (χ2v) is 2.10. The van der Waals surface area contributed by atoms with Crippen LogP contribution in [-0.2, 0) is 9.47 Å². The van der Waals surface area contributed by atoms with Crippen molar-refractivity contribution in [3.05, 3.63) is 0 Å². The molecule has 0 aliphatic rings. The molecule has 0 aromatic rings. The van der Waals surface area contributed by atoms with Crippen LogP contribution in [0.3, 0.4) is 0 Å². The molecule has 0 heterocycles. The van der Waals surface area contributed by atoms with Crippen LogP contribution in [0.25, 0.3) is 0 Å². The van der Waals surface area contributed by atoms with Crippen LogP contribution in [0, 0.1) is 0 Å². The highest BCUT2D eigenvalue weighted by Crippen LogP contribution is 2.17. The molecule has 0 aromatic heterocycles. The summed E-state index contributed by atoms with van der Waals surface area (Å²) in [5.74, 6) is -4.08. The van der Waals surface area contributed by atoms with Crippen LogP contribution in [0.1, 0.15) is 6.92 Å². The fraction of sp³-hybridized carbons (Fsp3) is 1.00. The molecule has 0 saturated carbocycles. The lowest BCUT2D eigenvalue weighted by Gasteiger charge is -2.34. The van der Waals surface area contributed by atoms with E-state index in [9.17, 15) is 0 Å². The minimum absolute atomic E-state index is 1.07. The Kier molecular flexibility index (Phi) is 2.76. The smallest absolute Gasteiger partial charge is 0.280 e. The van der Waals surface area contributed by atoms with Crippen molar-refractivity contribution in [1.82, 2.24) is 0 Å². The lowest BCUT2D eigenvalue weighted by molar-refractivity contribution is -0.363. The molecule has 0 amide bonds. The van der Waals surface area contributed by atoms with Gasteiger partial charge in [0.1, 0.15) is 0 Å². The average Bonchev–Trinajstić information content (AvgIpc) is 1.84. The zero-order valence-corrected chi connectivity index (χ0v) is 6.29. The van der Waals surface area contributed by atoms with Crippen molar-refractivity contribution in [2.24, 2.45) is 5.73 Å². The third kappa shape index (κ3) is 1.65. The molecule has 0 radical (unpaired) electrons. The zero-order chi connectivity index (χ0) is 8.41. The molecule has 62 valence electrons. The van der Waals surface area contributed by atoms with Crippen LogP contribution in [-0.4, -0.2) is 36.1 Å². The van der Waals surface area contributed by atoms with E-state index in [1.165, 1.54) is 14.2 Å². The predicted molar refractivity (Wildman–Crippen MR) is 33.8 cm³/mol. The molecule has 0 aliphatic heterocycles. The number of aliphatic hydroxyl groups is 2. The molecule has 5 nitrogen and oxygen atoms in total. The normalized spacial score (nSPS) is 13.8. The second-order valence-electron chi connectivity index (χ2n) is 2.10. The maximum Gasteiger partial charge on any atom is 0.280 e. The first-order chi connectivity index (χ1) is 4.37. The standard InChI is InChI=1S/C5H13NO4/c1-4(7,8)5(6,9-2)10-3/h7-8H,6H2,1-3H3. The van der Waals surface area contributed by atoms with Crippen molar-refractivity contribution < 1.29 is 19.7 Å². The van der Waals surface area contributed by atoms with E-state index < -0.39 is 11.7 Å². The van der Waals surface area contributed by atoms with Gasteiger partial charge in [0.2, 0.25) is 5.79 Å². The van der Waals surface area contributed by atoms with Gasteiger partial charge in [-0.1, -0.05) is 0 Å². The fourth-order valence-corrected chi connectivity index (χ4v) is 0.470. The summed E-state index contributed by atoms with van der Waals surface area (Å²) in [5, 5.41) is 17.8. The van der Waals surface area contributed by atoms with Crippen LogP contribution >= 0.6 is 0 Å². The van der Waals surface area contributed by atoms with E-state index in [2.05, 4.69) is 9.47 Å². The first kappa shape index (κ1) is 9.80. The Morgan fingerprint density at radius 3 is 1.50 bits per heavy atom. The van der Waals surface area contributed by atoms with Crippen LogP contribution in [0.5, 0.6) is 0 Å². The van der Waals surface area contributed by atoms with Gasteiger partial charge in [-0.3, -0.25) is 5.73 Å². The molecule has 0 aliphatic carbocycles. The quantitative estimate of drug-likeness (QED) is 0.432. The van der Waals surface area contributed by atoms with Crippen molar-refractivity contribution in [1.29, 1.82) is 0 Å². The zero-order valence-electron chi connectivity index (χ0n) is 6.29. The van der Waals surface area contributed by atoms with Gasteiger partial charge in [-0.15, -0.1) is 0 Å². The number of hydrogen-bond acceptors (Lipinski definition) is 5. The van der Waals surface area contributed by atoms with Crippen molar-refractivity contribution in [3.8, 4) is 0 Å². The molecule has 5 heteroatoms. The average molecular weight is 151 g/mol.